The third-order valence-electron chi connectivity index (χ3n) is 5.58. The van der Waals surface area contributed by atoms with E-state index in [-0.39, 0.29) is 12.0 Å². The zero-order chi connectivity index (χ0) is 15.8. The van der Waals surface area contributed by atoms with Gasteiger partial charge >= 0.3 is 0 Å². The third-order valence-corrected chi connectivity index (χ3v) is 5.58. The first-order chi connectivity index (χ1) is 11.2. The molecule has 0 spiro atoms. The normalized spacial score (nSPS) is 26.0. The van der Waals surface area contributed by atoms with E-state index >= 15 is 0 Å². The van der Waals surface area contributed by atoms with Gasteiger partial charge in [-0.3, -0.25) is 4.79 Å². The van der Waals surface area contributed by atoms with Crippen LogP contribution < -0.4 is 0 Å². The van der Waals surface area contributed by atoms with Gasteiger partial charge in [0.25, 0.3) is 0 Å². The summed E-state index contributed by atoms with van der Waals surface area (Å²) in [7, 11) is 0. The van der Waals surface area contributed by atoms with E-state index in [0.29, 0.717) is 5.91 Å². The average molecular weight is 311 g/mol. The van der Waals surface area contributed by atoms with Crippen LogP contribution in [0.25, 0.3) is 11.0 Å². The van der Waals surface area contributed by atoms with Gasteiger partial charge in [0, 0.05) is 30.6 Å². The highest BCUT2D eigenvalue weighted by molar-refractivity contribution is 5.81. The van der Waals surface area contributed by atoms with E-state index in [2.05, 4.69) is 35.9 Å². The smallest absolute Gasteiger partial charge is 0.226 e. The van der Waals surface area contributed by atoms with Gasteiger partial charge < -0.3 is 9.47 Å². The summed E-state index contributed by atoms with van der Waals surface area (Å²) in [5, 5.41) is 1.19. The molecule has 0 aliphatic carbocycles. The number of aryl methyl sites for hydroxylation is 1. The van der Waals surface area contributed by atoms with Crippen LogP contribution in [-0.4, -0.2) is 26.9 Å². The summed E-state index contributed by atoms with van der Waals surface area (Å²) < 4.78 is 2.27. The van der Waals surface area contributed by atoms with Crippen molar-refractivity contribution in [3.63, 3.8) is 0 Å². The van der Waals surface area contributed by atoms with Crippen LogP contribution in [0, 0.1) is 5.92 Å². The molecule has 1 amide bonds. The number of aromatic nitrogens is 2. The first-order valence-corrected chi connectivity index (χ1v) is 9.00. The molecule has 1 saturated heterocycles. The third kappa shape index (κ3) is 2.64. The number of rotatable bonds is 0. The molecule has 0 radical (unpaired) electrons. The second-order valence-electron chi connectivity index (χ2n) is 7.05. The maximum atomic E-state index is 12.7. The number of amides is 1. The van der Waals surface area contributed by atoms with E-state index in [4.69, 9.17) is 4.98 Å². The molecule has 2 aliphatic rings. The van der Waals surface area contributed by atoms with Gasteiger partial charge in [-0.1, -0.05) is 19.3 Å². The fourth-order valence-electron chi connectivity index (χ4n) is 4.09. The van der Waals surface area contributed by atoms with Crippen molar-refractivity contribution < 1.29 is 4.79 Å². The molecule has 4 nitrogen and oxygen atoms in total. The van der Waals surface area contributed by atoms with Gasteiger partial charge in [0.15, 0.2) is 0 Å². The standard InChI is InChI=1S/C19H25N3O/c1-14-17-8-7-15-9-12-21(18(15)20-17)11-5-3-2-4-6-16-10-13-22(14)19(16)23/h7-9,12,14,16H,2-6,10-11,13H2,1H3. The summed E-state index contributed by atoms with van der Waals surface area (Å²) in [6.07, 6.45) is 9.07. The van der Waals surface area contributed by atoms with Crippen LogP contribution in [0.1, 0.15) is 57.2 Å². The Morgan fingerprint density at radius 2 is 1.91 bits per heavy atom. The fraction of sp³-hybridized carbons (Fsp3) is 0.579. The largest absolute Gasteiger partial charge is 0.334 e. The minimum Gasteiger partial charge on any atom is -0.334 e. The van der Waals surface area contributed by atoms with E-state index in [1.54, 1.807) is 0 Å². The van der Waals surface area contributed by atoms with E-state index in [1.165, 1.54) is 31.1 Å². The minimum atomic E-state index is 0.0724. The summed E-state index contributed by atoms with van der Waals surface area (Å²) in [6, 6.07) is 6.45. The lowest BCUT2D eigenvalue weighted by atomic mass is 9.99. The van der Waals surface area contributed by atoms with E-state index in [0.717, 1.165) is 37.3 Å². The molecule has 4 heterocycles. The number of hydrogen-bond donors (Lipinski definition) is 0. The number of pyridine rings is 1. The number of carbonyl (C=O) groups is 1. The maximum absolute atomic E-state index is 12.7. The highest BCUT2D eigenvalue weighted by atomic mass is 16.2. The summed E-state index contributed by atoms with van der Waals surface area (Å²) in [6.45, 7) is 4.04. The lowest BCUT2D eigenvalue weighted by molar-refractivity contribution is -0.133. The Hall–Kier alpha value is -1.84. The Balaban J connectivity index is 1.73. The summed E-state index contributed by atoms with van der Waals surface area (Å²) in [5.41, 5.74) is 2.08. The molecular weight excluding hydrogens is 286 g/mol. The number of hydrogen-bond acceptors (Lipinski definition) is 2. The summed E-state index contributed by atoms with van der Waals surface area (Å²) in [4.78, 5) is 19.6. The van der Waals surface area contributed by atoms with Crippen LogP contribution in [-0.2, 0) is 11.3 Å². The number of nitrogens with zero attached hydrogens (tertiary/aromatic N) is 3. The van der Waals surface area contributed by atoms with Crippen molar-refractivity contribution in [1.82, 2.24) is 14.5 Å². The van der Waals surface area contributed by atoms with E-state index in [1.807, 2.05) is 4.90 Å². The van der Waals surface area contributed by atoms with Gasteiger partial charge in [-0.05, 0) is 44.4 Å². The predicted octanol–water partition coefficient (Wildman–Crippen LogP) is 3.91. The van der Waals surface area contributed by atoms with Crippen LogP contribution in [0.2, 0.25) is 0 Å². The summed E-state index contributed by atoms with van der Waals surface area (Å²) in [5.74, 6) is 0.583. The van der Waals surface area contributed by atoms with Crippen molar-refractivity contribution in [2.24, 2.45) is 5.92 Å². The van der Waals surface area contributed by atoms with Crippen molar-refractivity contribution >= 4 is 16.9 Å². The average Bonchev–Trinajstić information content (AvgIpc) is 3.13. The predicted molar refractivity (Wildman–Crippen MR) is 91.1 cm³/mol. The Labute approximate surface area is 137 Å². The molecule has 0 aromatic carbocycles. The van der Waals surface area contributed by atoms with Crippen molar-refractivity contribution in [3.05, 3.63) is 30.1 Å². The molecular formula is C19H25N3O. The molecule has 4 rings (SSSR count). The highest BCUT2D eigenvalue weighted by Crippen LogP contribution is 2.31. The van der Waals surface area contributed by atoms with Gasteiger partial charge in [-0.15, -0.1) is 0 Å². The lowest BCUT2D eigenvalue weighted by Gasteiger charge is -2.25. The number of carbonyl (C=O) groups excluding carboxylic acids is 1. The molecule has 2 aromatic rings. The zero-order valence-corrected chi connectivity index (χ0v) is 13.9. The first-order valence-electron chi connectivity index (χ1n) is 9.00. The molecule has 4 heteroatoms. The summed E-state index contributed by atoms with van der Waals surface area (Å²) >= 11 is 0. The molecule has 122 valence electrons. The zero-order valence-electron chi connectivity index (χ0n) is 13.9. The topological polar surface area (TPSA) is 38.1 Å². The van der Waals surface area contributed by atoms with Gasteiger partial charge in [-0.25, -0.2) is 4.98 Å². The second-order valence-corrected chi connectivity index (χ2v) is 7.05. The molecule has 2 atom stereocenters. The minimum absolute atomic E-state index is 0.0724. The Kier molecular flexibility index (Phi) is 3.83. The van der Waals surface area contributed by atoms with Crippen molar-refractivity contribution in [2.75, 3.05) is 6.54 Å². The monoisotopic (exact) mass is 311 g/mol. The van der Waals surface area contributed by atoms with Crippen LogP contribution >= 0.6 is 0 Å². The van der Waals surface area contributed by atoms with Crippen LogP contribution in [0.3, 0.4) is 0 Å². The molecule has 0 saturated carbocycles. The maximum Gasteiger partial charge on any atom is 0.226 e. The van der Waals surface area contributed by atoms with Crippen LogP contribution in [0.5, 0.6) is 0 Å². The van der Waals surface area contributed by atoms with E-state index < -0.39 is 0 Å². The Morgan fingerprint density at radius 1 is 1.04 bits per heavy atom. The van der Waals surface area contributed by atoms with E-state index in [9.17, 15) is 4.79 Å². The molecule has 2 aromatic heterocycles. The molecule has 2 aliphatic heterocycles. The number of fused-ring (bicyclic) bond motifs is 3. The van der Waals surface area contributed by atoms with Crippen molar-refractivity contribution in [2.45, 2.75) is 58.0 Å². The Morgan fingerprint density at radius 3 is 2.83 bits per heavy atom. The molecule has 0 N–H and O–H groups in total. The van der Waals surface area contributed by atoms with Crippen molar-refractivity contribution in [3.8, 4) is 0 Å². The van der Waals surface area contributed by atoms with Gasteiger partial charge in [-0.2, -0.15) is 0 Å². The quantitative estimate of drug-likeness (QED) is 0.740. The highest BCUT2D eigenvalue weighted by Gasteiger charge is 2.34. The Bertz CT molecular complexity index is 720. The molecule has 1 fully saturated rings. The lowest BCUT2D eigenvalue weighted by Crippen LogP contribution is -2.30. The first kappa shape index (κ1) is 14.7. The van der Waals surface area contributed by atoms with Gasteiger partial charge in [0.2, 0.25) is 5.91 Å². The van der Waals surface area contributed by atoms with Gasteiger partial charge in [0.1, 0.15) is 5.65 Å². The molecule has 23 heavy (non-hydrogen) atoms. The molecule has 4 bridgehead atoms. The van der Waals surface area contributed by atoms with Crippen LogP contribution in [0.15, 0.2) is 24.4 Å². The fourth-order valence-corrected chi connectivity index (χ4v) is 4.09. The molecule has 2 unspecified atom stereocenters. The SMILES string of the molecule is CC1c2ccc3ccn(c3n2)CCCCCCC2CCN1C2=O. The van der Waals surface area contributed by atoms with Gasteiger partial charge in [0.05, 0.1) is 11.7 Å². The van der Waals surface area contributed by atoms with Crippen molar-refractivity contribution in [1.29, 1.82) is 0 Å². The van der Waals surface area contributed by atoms with Crippen LogP contribution in [0.4, 0.5) is 0 Å². The second kappa shape index (κ2) is 5.99.